The first kappa shape index (κ1) is 22.5. The first-order valence-corrected chi connectivity index (χ1v) is 11.3. The third-order valence-corrected chi connectivity index (χ3v) is 5.89. The Bertz CT molecular complexity index is 1470. The highest BCUT2D eigenvalue weighted by Crippen LogP contribution is 2.18. The van der Waals surface area contributed by atoms with E-state index in [0.717, 1.165) is 33.5 Å². The SMILES string of the molecule is COc1ccc(CN(Cc2cc3cc(C)ccc3[nH]c2=O)Cc2nnnn2Cc2ccco2)cc1. The average Bonchev–Trinajstić information content (AvgIpc) is 3.53. The number of aromatic nitrogens is 5. The van der Waals surface area contributed by atoms with Crippen molar-refractivity contribution in [1.29, 1.82) is 0 Å². The minimum Gasteiger partial charge on any atom is -0.497 e. The van der Waals surface area contributed by atoms with Crippen molar-refractivity contribution in [3.63, 3.8) is 0 Å². The molecule has 35 heavy (non-hydrogen) atoms. The van der Waals surface area contributed by atoms with Crippen molar-refractivity contribution in [2.24, 2.45) is 0 Å². The van der Waals surface area contributed by atoms with Gasteiger partial charge < -0.3 is 14.1 Å². The van der Waals surface area contributed by atoms with Crippen LogP contribution in [0.4, 0.5) is 0 Å². The van der Waals surface area contributed by atoms with Crippen LogP contribution in [0.2, 0.25) is 0 Å². The van der Waals surface area contributed by atoms with Gasteiger partial charge in [0.05, 0.1) is 19.9 Å². The van der Waals surface area contributed by atoms with E-state index in [1.54, 1.807) is 18.1 Å². The summed E-state index contributed by atoms with van der Waals surface area (Å²) in [6.07, 6.45) is 1.63. The van der Waals surface area contributed by atoms with Crippen LogP contribution in [0.1, 0.15) is 28.3 Å². The van der Waals surface area contributed by atoms with Gasteiger partial charge in [-0.1, -0.05) is 23.8 Å². The molecule has 2 aromatic carbocycles. The summed E-state index contributed by atoms with van der Waals surface area (Å²) in [5.41, 5.74) is 3.64. The molecule has 0 saturated heterocycles. The zero-order valence-electron chi connectivity index (χ0n) is 19.6. The number of H-pyrrole nitrogens is 1. The highest BCUT2D eigenvalue weighted by molar-refractivity contribution is 5.79. The fraction of sp³-hybridized carbons (Fsp3) is 0.231. The number of fused-ring (bicyclic) bond motifs is 1. The molecule has 9 nitrogen and oxygen atoms in total. The summed E-state index contributed by atoms with van der Waals surface area (Å²) in [5, 5.41) is 13.3. The van der Waals surface area contributed by atoms with Crippen LogP contribution in [0.5, 0.6) is 5.75 Å². The maximum absolute atomic E-state index is 12.9. The smallest absolute Gasteiger partial charge is 0.252 e. The number of benzene rings is 2. The summed E-state index contributed by atoms with van der Waals surface area (Å²) in [5.74, 6) is 2.24. The number of aryl methyl sites for hydroxylation is 1. The molecule has 0 aliphatic carbocycles. The van der Waals surface area contributed by atoms with Gasteiger partial charge in [-0.3, -0.25) is 9.69 Å². The number of hydrogen-bond acceptors (Lipinski definition) is 7. The van der Waals surface area contributed by atoms with Crippen molar-refractivity contribution in [3.05, 3.63) is 106 Å². The van der Waals surface area contributed by atoms with E-state index in [1.807, 2.05) is 61.5 Å². The number of rotatable bonds is 9. The van der Waals surface area contributed by atoms with Gasteiger partial charge in [-0.25, -0.2) is 4.68 Å². The molecular weight excluding hydrogens is 444 g/mol. The maximum atomic E-state index is 12.9. The number of hydrogen-bond donors (Lipinski definition) is 1. The lowest BCUT2D eigenvalue weighted by Crippen LogP contribution is -2.28. The average molecular weight is 471 g/mol. The first-order chi connectivity index (χ1) is 17.1. The maximum Gasteiger partial charge on any atom is 0.252 e. The van der Waals surface area contributed by atoms with Crippen LogP contribution in [0.3, 0.4) is 0 Å². The summed E-state index contributed by atoms with van der Waals surface area (Å²) in [6, 6.07) is 19.6. The van der Waals surface area contributed by atoms with E-state index in [2.05, 4.69) is 31.5 Å². The van der Waals surface area contributed by atoms with Crippen LogP contribution in [0.15, 0.2) is 76.1 Å². The molecular formula is C26H26N6O3. The van der Waals surface area contributed by atoms with Crippen molar-refractivity contribution < 1.29 is 9.15 Å². The van der Waals surface area contributed by atoms with E-state index in [1.165, 1.54) is 0 Å². The Balaban J connectivity index is 1.44. The lowest BCUT2D eigenvalue weighted by Gasteiger charge is -2.22. The highest BCUT2D eigenvalue weighted by atomic mass is 16.5. The molecule has 3 aromatic heterocycles. The topological polar surface area (TPSA) is 102 Å². The van der Waals surface area contributed by atoms with Crippen LogP contribution in [0, 0.1) is 6.92 Å². The Morgan fingerprint density at radius 1 is 1.06 bits per heavy atom. The lowest BCUT2D eigenvalue weighted by atomic mass is 10.1. The van der Waals surface area contributed by atoms with Gasteiger partial charge in [-0.05, 0) is 70.8 Å². The Kier molecular flexibility index (Phi) is 6.40. The van der Waals surface area contributed by atoms with Gasteiger partial charge in [0.2, 0.25) is 0 Å². The summed E-state index contributed by atoms with van der Waals surface area (Å²) in [4.78, 5) is 18.1. The zero-order valence-corrected chi connectivity index (χ0v) is 19.6. The van der Waals surface area contributed by atoms with Gasteiger partial charge in [0.25, 0.3) is 5.56 Å². The van der Waals surface area contributed by atoms with E-state index in [9.17, 15) is 4.79 Å². The van der Waals surface area contributed by atoms with E-state index < -0.39 is 0 Å². The van der Waals surface area contributed by atoms with Crippen molar-refractivity contribution in [1.82, 2.24) is 30.1 Å². The number of aromatic amines is 1. The normalized spacial score (nSPS) is 11.4. The Morgan fingerprint density at radius 2 is 1.91 bits per heavy atom. The lowest BCUT2D eigenvalue weighted by molar-refractivity contribution is 0.235. The molecule has 0 amide bonds. The molecule has 0 aliphatic heterocycles. The van der Waals surface area contributed by atoms with E-state index in [4.69, 9.17) is 9.15 Å². The number of nitrogens with zero attached hydrogens (tertiary/aromatic N) is 5. The van der Waals surface area contributed by atoms with Crippen molar-refractivity contribution in [2.45, 2.75) is 33.1 Å². The van der Waals surface area contributed by atoms with Gasteiger partial charge in [-0.15, -0.1) is 5.10 Å². The van der Waals surface area contributed by atoms with Gasteiger partial charge in [-0.2, -0.15) is 0 Å². The Hall–Kier alpha value is -4.24. The number of nitrogens with one attached hydrogen (secondary N) is 1. The molecule has 0 fully saturated rings. The second-order valence-corrected chi connectivity index (χ2v) is 8.54. The van der Waals surface area contributed by atoms with Gasteiger partial charge >= 0.3 is 0 Å². The van der Waals surface area contributed by atoms with Crippen LogP contribution in [-0.4, -0.2) is 37.2 Å². The minimum absolute atomic E-state index is 0.101. The number of pyridine rings is 1. The molecule has 0 spiro atoms. The Morgan fingerprint density at radius 3 is 2.69 bits per heavy atom. The van der Waals surface area contributed by atoms with Gasteiger partial charge in [0, 0.05) is 24.2 Å². The molecule has 178 valence electrons. The van der Waals surface area contributed by atoms with Crippen molar-refractivity contribution in [2.75, 3.05) is 7.11 Å². The van der Waals surface area contributed by atoms with E-state index >= 15 is 0 Å². The molecule has 0 atom stereocenters. The molecule has 5 rings (SSSR count). The van der Waals surface area contributed by atoms with Crippen LogP contribution < -0.4 is 10.3 Å². The molecule has 0 saturated carbocycles. The van der Waals surface area contributed by atoms with Crippen molar-refractivity contribution in [3.8, 4) is 5.75 Å². The predicted molar refractivity (Wildman–Crippen MR) is 131 cm³/mol. The quantitative estimate of drug-likeness (QED) is 0.351. The fourth-order valence-corrected chi connectivity index (χ4v) is 4.10. The number of ether oxygens (including phenoxy) is 1. The van der Waals surface area contributed by atoms with Gasteiger partial charge in [0.1, 0.15) is 18.1 Å². The van der Waals surface area contributed by atoms with E-state index in [-0.39, 0.29) is 5.56 Å². The standard InChI is InChI=1S/C26H26N6O3/c1-18-5-10-24-20(12-18)13-21(26(33)27-24)15-31(14-19-6-8-22(34-2)9-7-19)17-25-28-29-30-32(25)16-23-4-3-11-35-23/h3-13H,14-17H2,1-2H3,(H,27,33). The molecule has 5 aromatic rings. The monoisotopic (exact) mass is 470 g/mol. The minimum atomic E-state index is -0.101. The molecule has 0 radical (unpaired) electrons. The number of methoxy groups -OCH3 is 1. The summed E-state index contributed by atoms with van der Waals surface area (Å²) >= 11 is 0. The van der Waals surface area contributed by atoms with Crippen LogP contribution >= 0.6 is 0 Å². The largest absolute Gasteiger partial charge is 0.497 e. The third kappa shape index (κ3) is 5.30. The van der Waals surface area contributed by atoms with Gasteiger partial charge in [0.15, 0.2) is 5.82 Å². The predicted octanol–water partition coefficient (Wildman–Crippen LogP) is 3.68. The summed E-state index contributed by atoms with van der Waals surface area (Å²) in [6.45, 7) is 3.95. The number of furan rings is 1. The third-order valence-electron chi connectivity index (χ3n) is 5.89. The molecule has 0 bridgehead atoms. The van der Waals surface area contributed by atoms with E-state index in [0.29, 0.717) is 37.6 Å². The van der Waals surface area contributed by atoms with Crippen LogP contribution in [-0.2, 0) is 26.2 Å². The second kappa shape index (κ2) is 9.94. The van der Waals surface area contributed by atoms with Crippen LogP contribution in [0.25, 0.3) is 10.9 Å². The molecule has 0 unspecified atom stereocenters. The molecule has 3 heterocycles. The number of tetrazole rings is 1. The highest BCUT2D eigenvalue weighted by Gasteiger charge is 2.17. The molecule has 0 aliphatic rings. The molecule has 1 N–H and O–H groups in total. The zero-order chi connectivity index (χ0) is 24.2. The van der Waals surface area contributed by atoms with Crippen molar-refractivity contribution >= 4 is 10.9 Å². The summed E-state index contributed by atoms with van der Waals surface area (Å²) < 4.78 is 12.5. The fourth-order valence-electron chi connectivity index (χ4n) is 4.10. The Labute approximate surface area is 202 Å². The summed E-state index contributed by atoms with van der Waals surface area (Å²) in [7, 11) is 1.65. The second-order valence-electron chi connectivity index (χ2n) is 8.54. The molecule has 9 heteroatoms. The first-order valence-electron chi connectivity index (χ1n) is 11.3.